The molecule has 1 aliphatic heterocycles. The minimum Gasteiger partial charge on any atom is -0.489 e. The van der Waals surface area contributed by atoms with Crippen LogP contribution < -0.4 is 4.74 Å². The zero-order valence-electron chi connectivity index (χ0n) is 22.7. The molecule has 1 saturated carbocycles. The Bertz CT molecular complexity index is 1370. The van der Waals surface area contributed by atoms with E-state index in [0.717, 1.165) is 24.0 Å². The highest BCUT2D eigenvalue weighted by Crippen LogP contribution is 2.59. The number of amides is 1. The number of hydrogen-bond donors (Lipinski definition) is 1. The molecule has 0 radical (unpaired) electrons. The number of carbonyl (C=O) groups excluding carboxylic acids is 1. The minimum atomic E-state index is -0.963. The van der Waals surface area contributed by atoms with Gasteiger partial charge in [-0.2, -0.15) is 0 Å². The number of hydrogen-bond acceptors (Lipinski definition) is 4. The summed E-state index contributed by atoms with van der Waals surface area (Å²) in [5.41, 5.74) is 2.33. The van der Waals surface area contributed by atoms with Gasteiger partial charge in [0.1, 0.15) is 18.5 Å². The van der Waals surface area contributed by atoms with Crippen molar-refractivity contribution in [3.05, 3.63) is 69.5 Å². The van der Waals surface area contributed by atoms with Gasteiger partial charge in [-0.05, 0) is 48.7 Å². The molecule has 0 saturated heterocycles. The molecule has 39 heavy (non-hydrogen) atoms. The maximum absolute atomic E-state index is 13.5. The zero-order valence-corrected chi connectivity index (χ0v) is 23.5. The summed E-state index contributed by atoms with van der Waals surface area (Å²) in [6.45, 7) is 16.4. The van der Waals surface area contributed by atoms with Crippen molar-refractivity contribution < 1.29 is 24.2 Å². The van der Waals surface area contributed by atoms with E-state index in [4.69, 9.17) is 32.8 Å². The van der Waals surface area contributed by atoms with Crippen LogP contribution in [-0.2, 0) is 16.1 Å². The summed E-state index contributed by atoms with van der Waals surface area (Å²) in [7, 11) is 0. The first-order valence-corrected chi connectivity index (χ1v) is 13.4. The highest BCUT2D eigenvalue weighted by molar-refractivity contribution is 6.33. The molecule has 0 spiro atoms. The number of rotatable bonds is 9. The molecule has 2 aromatic carbocycles. The molecule has 0 bridgehead atoms. The SMILES string of the molecule is [C-]#[N+]c1ccc(OC2C(C)(C)C(N3Cc4cc(C#CCCCCOCC(=O)O)ccc4C3=O)C2(C)C)cc1Cl. The molecule has 2 aromatic rings. The highest BCUT2D eigenvalue weighted by Gasteiger charge is 2.66. The van der Waals surface area contributed by atoms with Crippen molar-refractivity contribution in [2.24, 2.45) is 10.8 Å². The van der Waals surface area contributed by atoms with Crippen molar-refractivity contribution in [3.63, 3.8) is 0 Å². The average molecular weight is 549 g/mol. The molecule has 1 N–H and O–H groups in total. The second-order valence-corrected chi connectivity index (χ2v) is 11.7. The van der Waals surface area contributed by atoms with Gasteiger partial charge in [0.2, 0.25) is 5.69 Å². The van der Waals surface area contributed by atoms with Crippen molar-refractivity contribution in [1.29, 1.82) is 0 Å². The third-order valence-electron chi connectivity index (χ3n) is 7.60. The molecule has 204 valence electrons. The van der Waals surface area contributed by atoms with Gasteiger partial charge in [-0.3, -0.25) is 4.79 Å². The summed E-state index contributed by atoms with van der Waals surface area (Å²) in [5.74, 6) is 6.03. The van der Waals surface area contributed by atoms with E-state index in [1.807, 2.05) is 23.1 Å². The average Bonchev–Trinajstić information content (AvgIpc) is 3.18. The number of carbonyl (C=O) groups is 2. The van der Waals surface area contributed by atoms with Gasteiger partial charge >= 0.3 is 5.97 Å². The smallest absolute Gasteiger partial charge is 0.329 e. The molecule has 7 nitrogen and oxygen atoms in total. The van der Waals surface area contributed by atoms with Gasteiger partial charge in [0.05, 0.1) is 11.6 Å². The Balaban J connectivity index is 1.40. The summed E-state index contributed by atoms with van der Waals surface area (Å²) in [5, 5.41) is 8.94. The van der Waals surface area contributed by atoms with Gasteiger partial charge in [-0.25, -0.2) is 9.64 Å². The van der Waals surface area contributed by atoms with E-state index in [9.17, 15) is 9.59 Å². The van der Waals surface area contributed by atoms with Crippen LogP contribution in [0, 0.1) is 29.2 Å². The number of aliphatic carboxylic acids is 1. The maximum Gasteiger partial charge on any atom is 0.329 e. The van der Waals surface area contributed by atoms with E-state index in [0.29, 0.717) is 41.6 Å². The molecule has 0 aromatic heterocycles. The number of carboxylic acids is 1. The first kappa shape index (κ1) is 28.5. The Morgan fingerprint density at radius 3 is 2.59 bits per heavy atom. The molecule has 0 atom stereocenters. The van der Waals surface area contributed by atoms with E-state index in [2.05, 4.69) is 44.4 Å². The van der Waals surface area contributed by atoms with Gasteiger partial charge in [0.25, 0.3) is 5.91 Å². The fourth-order valence-electron chi connectivity index (χ4n) is 6.37. The van der Waals surface area contributed by atoms with Crippen LogP contribution in [0.5, 0.6) is 5.75 Å². The number of unbranched alkanes of at least 4 members (excludes halogenated alkanes) is 2. The van der Waals surface area contributed by atoms with Crippen molar-refractivity contribution in [3.8, 4) is 17.6 Å². The molecule has 1 aliphatic carbocycles. The number of nitrogens with zero attached hydrogens (tertiary/aromatic N) is 2. The Morgan fingerprint density at radius 2 is 1.92 bits per heavy atom. The number of fused-ring (bicyclic) bond motifs is 1. The maximum atomic E-state index is 13.5. The summed E-state index contributed by atoms with van der Waals surface area (Å²) in [6.07, 6.45) is 2.12. The number of carboxylic acid groups (broad SMARTS) is 1. The largest absolute Gasteiger partial charge is 0.489 e. The van der Waals surface area contributed by atoms with Crippen molar-refractivity contribution in [2.75, 3.05) is 13.2 Å². The van der Waals surface area contributed by atoms with Crippen molar-refractivity contribution in [2.45, 2.75) is 65.6 Å². The van der Waals surface area contributed by atoms with E-state index in [1.54, 1.807) is 18.2 Å². The summed E-state index contributed by atoms with van der Waals surface area (Å²) in [6, 6.07) is 10.8. The lowest BCUT2D eigenvalue weighted by Crippen LogP contribution is -2.74. The number of ether oxygens (including phenoxy) is 2. The van der Waals surface area contributed by atoms with E-state index in [-0.39, 0.29) is 35.5 Å². The second kappa shape index (κ2) is 11.3. The van der Waals surface area contributed by atoms with Crippen LogP contribution >= 0.6 is 11.6 Å². The third kappa shape index (κ3) is 5.76. The number of benzene rings is 2. The van der Waals surface area contributed by atoms with Gasteiger partial charge < -0.3 is 19.5 Å². The molecule has 1 heterocycles. The van der Waals surface area contributed by atoms with E-state index in [1.165, 1.54) is 0 Å². The van der Waals surface area contributed by atoms with E-state index < -0.39 is 5.97 Å². The van der Waals surface area contributed by atoms with Crippen LogP contribution in [0.15, 0.2) is 36.4 Å². The lowest BCUT2D eigenvalue weighted by molar-refractivity contribution is -0.199. The summed E-state index contributed by atoms with van der Waals surface area (Å²) < 4.78 is 11.4. The molecule has 1 fully saturated rings. The predicted molar refractivity (Wildman–Crippen MR) is 149 cm³/mol. The fraction of sp³-hybridized carbons (Fsp3) is 0.452. The van der Waals surface area contributed by atoms with Crippen LogP contribution in [0.4, 0.5) is 5.69 Å². The summed E-state index contributed by atoms with van der Waals surface area (Å²) >= 11 is 6.23. The van der Waals surface area contributed by atoms with Crippen LogP contribution in [-0.4, -0.2) is 47.2 Å². The Hall–Kier alpha value is -3.52. The Kier molecular flexibility index (Phi) is 8.25. The van der Waals surface area contributed by atoms with Gasteiger partial charge in [-0.1, -0.05) is 57.2 Å². The Morgan fingerprint density at radius 1 is 1.18 bits per heavy atom. The molecule has 0 unspecified atom stereocenters. The monoisotopic (exact) mass is 548 g/mol. The van der Waals surface area contributed by atoms with Gasteiger partial charge in [-0.15, -0.1) is 0 Å². The first-order chi connectivity index (χ1) is 18.5. The van der Waals surface area contributed by atoms with Crippen molar-refractivity contribution in [1.82, 2.24) is 4.90 Å². The van der Waals surface area contributed by atoms with Gasteiger partial charge in [0.15, 0.2) is 0 Å². The third-order valence-corrected chi connectivity index (χ3v) is 7.90. The lowest BCUT2D eigenvalue weighted by atomic mass is 9.49. The highest BCUT2D eigenvalue weighted by atomic mass is 35.5. The van der Waals surface area contributed by atoms with Crippen LogP contribution in [0.25, 0.3) is 4.85 Å². The lowest BCUT2D eigenvalue weighted by Gasteiger charge is -2.65. The van der Waals surface area contributed by atoms with Crippen LogP contribution in [0.2, 0.25) is 5.02 Å². The predicted octanol–water partition coefficient (Wildman–Crippen LogP) is 6.35. The topological polar surface area (TPSA) is 80.4 Å². The first-order valence-electron chi connectivity index (χ1n) is 13.0. The van der Waals surface area contributed by atoms with Crippen LogP contribution in [0.1, 0.15) is 68.4 Å². The minimum absolute atomic E-state index is 0.0277. The molecular weight excluding hydrogens is 516 g/mol. The fourth-order valence-corrected chi connectivity index (χ4v) is 6.59. The van der Waals surface area contributed by atoms with Gasteiger partial charge in [0, 0.05) is 47.6 Å². The molecular formula is C31H33ClN2O5. The molecule has 8 heteroatoms. The standard InChI is InChI=1S/C31H33ClN2O5/c1-30(2)28(31(3,4)29(30)39-22-12-14-25(33-5)24(32)17-22)34-18-21-16-20(11-13-23(21)27(34)37)10-8-6-7-9-15-38-19-26(35)36/h11-14,16-17,28-29H,6-7,9,15,18-19H2,1-4H3,(H,35,36). The summed E-state index contributed by atoms with van der Waals surface area (Å²) in [4.78, 5) is 29.3. The second-order valence-electron chi connectivity index (χ2n) is 11.3. The normalized spacial score (nSPS) is 20.3. The Labute approximate surface area is 234 Å². The van der Waals surface area contributed by atoms with E-state index >= 15 is 0 Å². The van der Waals surface area contributed by atoms with Crippen molar-refractivity contribution >= 4 is 29.2 Å². The van der Waals surface area contributed by atoms with Crippen LogP contribution in [0.3, 0.4) is 0 Å². The number of halogens is 1. The quantitative estimate of drug-likeness (QED) is 0.224. The zero-order chi connectivity index (χ0) is 28.4. The molecule has 2 aliphatic rings. The molecule has 1 amide bonds. The molecule has 4 rings (SSSR count).